The van der Waals surface area contributed by atoms with Crippen LogP contribution >= 0.6 is 0 Å². The van der Waals surface area contributed by atoms with Gasteiger partial charge in [0.15, 0.2) is 0 Å². The summed E-state index contributed by atoms with van der Waals surface area (Å²) in [4.78, 5) is 0. The molecule has 2 atom stereocenters. The molecule has 0 spiro atoms. The van der Waals surface area contributed by atoms with Gasteiger partial charge in [0.25, 0.3) is 0 Å². The largest absolute Gasteiger partial charge is 0.392 e. The number of aliphatic hydroxyl groups is 1. The summed E-state index contributed by atoms with van der Waals surface area (Å²) < 4.78 is 1.87. The molecule has 0 amide bonds. The minimum absolute atomic E-state index is 0.119. The van der Waals surface area contributed by atoms with Gasteiger partial charge in [-0.05, 0) is 44.5 Å². The summed E-state index contributed by atoms with van der Waals surface area (Å²) in [5.41, 5.74) is 3.74. The molecule has 1 heterocycles. The van der Waals surface area contributed by atoms with Crippen molar-refractivity contribution < 1.29 is 5.11 Å². The van der Waals surface area contributed by atoms with E-state index in [1.807, 2.05) is 29.9 Å². The highest BCUT2D eigenvalue weighted by molar-refractivity contribution is 5.40. The summed E-state index contributed by atoms with van der Waals surface area (Å²) in [6.07, 6.45) is 3.34. The first kappa shape index (κ1) is 17.2. The van der Waals surface area contributed by atoms with E-state index in [2.05, 4.69) is 30.3 Å². The van der Waals surface area contributed by atoms with Gasteiger partial charge in [-0.2, -0.15) is 10.4 Å². The smallest absolute Gasteiger partial charge is 0.0991 e. The average molecular weight is 312 g/mol. The molecule has 122 valence electrons. The van der Waals surface area contributed by atoms with Crippen LogP contribution in [0.25, 0.3) is 5.69 Å². The predicted octanol–water partition coefficient (Wildman–Crippen LogP) is 2.86. The molecule has 2 aromatic rings. The van der Waals surface area contributed by atoms with E-state index in [9.17, 15) is 5.11 Å². The first-order valence-electron chi connectivity index (χ1n) is 8.03. The molecule has 0 saturated heterocycles. The molecule has 0 radical (unpaired) electrons. The molecule has 0 aliphatic heterocycles. The minimum Gasteiger partial charge on any atom is -0.392 e. The van der Waals surface area contributed by atoms with Crippen molar-refractivity contribution >= 4 is 0 Å². The van der Waals surface area contributed by atoms with E-state index in [0.717, 1.165) is 29.8 Å². The van der Waals surface area contributed by atoms with Gasteiger partial charge in [0.2, 0.25) is 0 Å². The minimum atomic E-state index is -0.309. The van der Waals surface area contributed by atoms with Crippen LogP contribution in [0.1, 0.15) is 49.6 Å². The number of nitrogens with one attached hydrogen (secondary N) is 1. The van der Waals surface area contributed by atoms with Gasteiger partial charge >= 0.3 is 0 Å². The quantitative estimate of drug-likeness (QED) is 0.824. The zero-order valence-electron chi connectivity index (χ0n) is 14.0. The SMILES string of the molecule is CCCC(O)CNC(C)c1cnn(-c2ccc(C#N)cc2)c1C. The lowest BCUT2D eigenvalue weighted by molar-refractivity contribution is 0.157. The number of aromatic nitrogens is 2. The van der Waals surface area contributed by atoms with Crippen molar-refractivity contribution in [1.82, 2.24) is 15.1 Å². The summed E-state index contributed by atoms with van der Waals surface area (Å²) in [7, 11) is 0. The first-order valence-corrected chi connectivity index (χ1v) is 8.03. The van der Waals surface area contributed by atoms with E-state index < -0.39 is 0 Å². The lowest BCUT2D eigenvalue weighted by atomic mass is 10.1. The van der Waals surface area contributed by atoms with Crippen LogP contribution in [0.5, 0.6) is 0 Å². The van der Waals surface area contributed by atoms with E-state index >= 15 is 0 Å². The first-order chi connectivity index (χ1) is 11.1. The van der Waals surface area contributed by atoms with Crippen LogP contribution in [0.15, 0.2) is 30.5 Å². The molecule has 2 rings (SSSR count). The van der Waals surface area contributed by atoms with E-state index in [1.165, 1.54) is 0 Å². The van der Waals surface area contributed by atoms with Gasteiger partial charge in [0, 0.05) is 23.8 Å². The topological polar surface area (TPSA) is 73.9 Å². The summed E-state index contributed by atoms with van der Waals surface area (Å²) in [5, 5.41) is 26.5. The number of nitriles is 1. The van der Waals surface area contributed by atoms with Crippen molar-refractivity contribution in [3.63, 3.8) is 0 Å². The molecule has 2 unspecified atom stereocenters. The van der Waals surface area contributed by atoms with Crippen molar-refractivity contribution in [1.29, 1.82) is 5.26 Å². The summed E-state index contributed by atoms with van der Waals surface area (Å²) >= 11 is 0. The molecule has 1 aromatic heterocycles. The standard InChI is InChI=1S/C18H24N4O/c1-4-5-17(23)11-20-13(2)18-12-21-22(14(18)3)16-8-6-15(10-19)7-9-16/h6-9,12-13,17,20,23H,4-5,11H2,1-3H3. The molecule has 5 nitrogen and oxygen atoms in total. The maximum absolute atomic E-state index is 9.84. The van der Waals surface area contributed by atoms with Gasteiger partial charge in [-0.1, -0.05) is 13.3 Å². The zero-order chi connectivity index (χ0) is 16.8. The van der Waals surface area contributed by atoms with Gasteiger partial charge in [-0.25, -0.2) is 4.68 Å². The highest BCUT2D eigenvalue weighted by atomic mass is 16.3. The van der Waals surface area contributed by atoms with E-state index in [-0.39, 0.29) is 12.1 Å². The Kier molecular flexibility index (Phi) is 5.91. The number of hydrogen-bond acceptors (Lipinski definition) is 4. The molecular formula is C18H24N4O. The zero-order valence-corrected chi connectivity index (χ0v) is 14.0. The fourth-order valence-electron chi connectivity index (χ4n) is 2.64. The van der Waals surface area contributed by atoms with Crippen LogP contribution in [-0.2, 0) is 0 Å². The number of nitrogens with zero attached hydrogens (tertiary/aromatic N) is 3. The Morgan fingerprint density at radius 1 is 1.35 bits per heavy atom. The van der Waals surface area contributed by atoms with Crippen LogP contribution in [0.2, 0.25) is 0 Å². The van der Waals surface area contributed by atoms with Crippen LogP contribution in [-0.4, -0.2) is 27.5 Å². The Bertz CT molecular complexity index is 669. The Labute approximate surface area is 137 Å². The molecule has 2 N–H and O–H groups in total. The predicted molar refractivity (Wildman–Crippen MR) is 90.3 cm³/mol. The van der Waals surface area contributed by atoms with Gasteiger partial charge < -0.3 is 10.4 Å². The molecule has 0 aliphatic rings. The van der Waals surface area contributed by atoms with Crippen molar-refractivity contribution in [2.24, 2.45) is 0 Å². The molecule has 0 fully saturated rings. The van der Waals surface area contributed by atoms with Crippen LogP contribution in [0, 0.1) is 18.3 Å². The Morgan fingerprint density at radius 3 is 2.65 bits per heavy atom. The lowest BCUT2D eigenvalue weighted by Gasteiger charge is -2.17. The maximum atomic E-state index is 9.84. The Balaban J connectivity index is 2.10. The van der Waals surface area contributed by atoms with Crippen LogP contribution in [0.4, 0.5) is 0 Å². The summed E-state index contributed by atoms with van der Waals surface area (Å²) in [5.74, 6) is 0. The molecule has 5 heteroatoms. The second-order valence-electron chi connectivity index (χ2n) is 5.83. The fraction of sp³-hybridized carbons (Fsp3) is 0.444. The highest BCUT2D eigenvalue weighted by Gasteiger charge is 2.15. The summed E-state index contributed by atoms with van der Waals surface area (Å²) in [6.45, 7) is 6.75. The maximum Gasteiger partial charge on any atom is 0.0991 e. The molecule has 23 heavy (non-hydrogen) atoms. The van der Waals surface area contributed by atoms with Crippen molar-refractivity contribution in [2.75, 3.05) is 6.54 Å². The van der Waals surface area contributed by atoms with E-state index in [0.29, 0.717) is 12.1 Å². The van der Waals surface area contributed by atoms with E-state index in [1.54, 1.807) is 12.1 Å². The van der Waals surface area contributed by atoms with E-state index in [4.69, 9.17) is 5.26 Å². The number of rotatable bonds is 7. The third-order valence-electron chi connectivity index (χ3n) is 4.04. The number of hydrogen-bond donors (Lipinski definition) is 2. The van der Waals surface area contributed by atoms with Crippen molar-refractivity contribution in [3.05, 3.63) is 47.3 Å². The monoisotopic (exact) mass is 312 g/mol. The molecule has 0 saturated carbocycles. The average Bonchev–Trinajstić information content (AvgIpc) is 2.94. The molecule has 0 aliphatic carbocycles. The second kappa shape index (κ2) is 7.91. The Hall–Kier alpha value is -2.16. The van der Waals surface area contributed by atoms with Gasteiger partial charge in [0.05, 0.1) is 29.6 Å². The highest BCUT2D eigenvalue weighted by Crippen LogP contribution is 2.20. The molecule has 0 bridgehead atoms. The Morgan fingerprint density at radius 2 is 2.04 bits per heavy atom. The van der Waals surface area contributed by atoms with Crippen molar-refractivity contribution in [3.8, 4) is 11.8 Å². The lowest BCUT2D eigenvalue weighted by Crippen LogP contribution is -2.29. The third kappa shape index (κ3) is 4.19. The van der Waals surface area contributed by atoms with Crippen molar-refractivity contribution in [2.45, 2.75) is 45.8 Å². The normalized spacial score (nSPS) is 13.5. The summed E-state index contributed by atoms with van der Waals surface area (Å²) in [6, 6.07) is 9.61. The van der Waals surface area contributed by atoms with Gasteiger partial charge in [0.1, 0.15) is 0 Å². The third-order valence-corrected chi connectivity index (χ3v) is 4.04. The van der Waals surface area contributed by atoms with Crippen LogP contribution in [0.3, 0.4) is 0 Å². The van der Waals surface area contributed by atoms with Gasteiger partial charge in [-0.3, -0.25) is 0 Å². The fourth-order valence-corrected chi connectivity index (χ4v) is 2.64. The number of benzene rings is 1. The second-order valence-corrected chi connectivity index (χ2v) is 5.83. The molecule has 1 aromatic carbocycles. The van der Waals surface area contributed by atoms with Crippen LogP contribution < -0.4 is 5.32 Å². The molecular weight excluding hydrogens is 288 g/mol. The van der Waals surface area contributed by atoms with Gasteiger partial charge in [-0.15, -0.1) is 0 Å². The number of aliphatic hydroxyl groups excluding tert-OH is 1.